The lowest BCUT2D eigenvalue weighted by Gasteiger charge is -2.32. The van der Waals surface area contributed by atoms with Crippen molar-refractivity contribution in [2.45, 2.75) is 19.8 Å². The van der Waals surface area contributed by atoms with E-state index >= 15 is 0 Å². The molecule has 3 rings (SSSR count). The zero-order valence-corrected chi connectivity index (χ0v) is 19.0. The molecule has 0 radical (unpaired) electrons. The monoisotopic (exact) mass is 457 g/mol. The van der Waals surface area contributed by atoms with Crippen molar-refractivity contribution in [1.29, 1.82) is 0 Å². The molecule has 2 aromatic carbocycles. The van der Waals surface area contributed by atoms with E-state index in [9.17, 15) is 19.7 Å². The number of esters is 1. The van der Waals surface area contributed by atoms with Gasteiger partial charge in [0.15, 0.2) is 11.5 Å². The number of nitrogens with zero attached hydrogens (tertiary/aromatic N) is 2. The van der Waals surface area contributed by atoms with Crippen molar-refractivity contribution in [3.05, 3.63) is 51.6 Å². The molecule has 1 atom stereocenters. The summed E-state index contributed by atoms with van der Waals surface area (Å²) in [5.41, 5.74) is 0.612. The highest BCUT2D eigenvalue weighted by atomic mass is 16.6. The molecule has 1 saturated heterocycles. The number of nitro groups is 1. The number of methoxy groups -OCH3 is 3. The number of piperidine rings is 1. The summed E-state index contributed by atoms with van der Waals surface area (Å²) in [6.45, 7) is 3.56. The van der Waals surface area contributed by atoms with E-state index in [1.54, 1.807) is 6.07 Å². The highest BCUT2D eigenvalue weighted by Gasteiger charge is 2.26. The summed E-state index contributed by atoms with van der Waals surface area (Å²) in [5, 5.41) is 14.4. The van der Waals surface area contributed by atoms with E-state index in [1.807, 2.05) is 4.90 Å². The van der Waals surface area contributed by atoms with Crippen LogP contribution in [0.25, 0.3) is 0 Å². The van der Waals surface area contributed by atoms with Gasteiger partial charge in [0.1, 0.15) is 5.69 Å². The van der Waals surface area contributed by atoms with Gasteiger partial charge in [0.25, 0.3) is 11.6 Å². The number of rotatable bonds is 7. The fourth-order valence-corrected chi connectivity index (χ4v) is 3.94. The standard InChI is InChI=1S/C23H27N3O7/c1-14-6-5-9-25(13-14)18-8-7-15(10-19(18)26(29)30)22(27)24-17-12-21(32-3)20(31-2)11-16(17)23(28)33-4/h7-8,10-12,14H,5-6,9,13H2,1-4H3,(H,24,27). The molecule has 10 nitrogen and oxygen atoms in total. The molecule has 176 valence electrons. The van der Waals surface area contributed by atoms with E-state index in [-0.39, 0.29) is 28.3 Å². The molecule has 0 bridgehead atoms. The summed E-state index contributed by atoms with van der Waals surface area (Å²) in [5.74, 6) is -0.295. The summed E-state index contributed by atoms with van der Waals surface area (Å²) in [7, 11) is 4.06. The second-order valence-electron chi connectivity index (χ2n) is 7.85. The number of hydrogen-bond donors (Lipinski definition) is 1. The summed E-state index contributed by atoms with van der Waals surface area (Å²) >= 11 is 0. The minimum atomic E-state index is -0.688. The Bertz CT molecular complexity index is 1070. The van der Waals surface area contributed by atoms with Gasteiger partial charge in [-0.1, -0.05) is 6.92 Å². The minimum absolute atomic E-state index is 0.0527. The van der Waals surface area contributed by atoms with Gasteiger partial charge in [0.05, 0.1) is 37.5 Å². The lowest BCUT2D eigenvalue weighted by molar-refractivity contribution is -0.384. The third-order valence-corrected chi connectivity index (χ3v) is 5.61. The Balaban J connectivity index is 1.95. The number of nitro benzene ring substituents is 1. The molecule has 2 aromatic rings. The van der Waals surface area contributed by atoms with E-state index in [2.05, 4.69) is 12.2 Å². The molecule has 1 N–H and O–H groups in total. The fourth-order valence-electron chi connectivity index (χ4n) is 3.94. The van der Waals surface area contributed by atoms with Crippen LogP contribution in [0.4, 0.5) is 17.1 Å². The van der Waals surface area contributed by atoms with Gasteiger partial charge in [-0.25, -0.2) is 4.79 Å². The topological polar surface area (TPSA) is 120 Å². The van der Waals surface area contributed by atoms with Crippen LogP contribution in [0, 0.1) is 16.0 Å². The predicted molar refractivity (Wildman–Crippen MR) is 123 cm³/mol. The minimum Gasteiger partial charge on any atom is -0.493 e. The summed E-state index contributed by atoms with van der Waals surface area (Å²) in [6.07, 6.45) is 2.04. The van der Waals surface area contributed by atoms with Crippen LogP contribution in [0.2, 0.25) is 0 Å². The maximum atomic E-state index is 13.0. The first kappa shape index (κ1) is 23.8. The molecule has 0 spiro atoms. The summed E-state index contributed by atoms with van der Waals surface area (Å²) < 4.78 is 15.3. The second kappa shape index (κ2) is 10.2. The summed E-state index contributed by atoms with van der Waals surface area (Å²) in [6, 6.07) is 7.21. The molecular formula is C23H27N3O7. The Morgan fingerprint density at radius 1 is 1.12 bits per heavy atom. The van der Waals surface area contributed by atoms with Crippen LogP contribution in [0.5, 0.6) is 11.5 Å². The van der Waals surface area contributed by atoms with Gasteiger partial charge in [0, 0.05) is 36.9 Å². The molecule has 0 aliphatic carbocycles. The largest absolute Gasteiger partial charge is 0.493 e. The molecule has 1 fully saturated rings. The van der Waals surface area contributed by atoms with Crippen LogP contribution < -0.4 is 19.7 Å². The maximum absolute atomic E-state index is 13.0. The van der Waals surface area contributed by atoms with E-state index in [0.29, 0.717) is 17.4 Å². The van der Waals surface area contributed by atoms with Gasteiger partial charge in [-0.3, -0.25) is 14.9 Å². The van der Waals surface area contributed by atoms with Crippen molar-refractivity contribution in [3.63, 3.8) is 0 Å². The molecule has 1 heterocycles. The zero-order valence-electron chi connectivity index (χ0n) is 19.0. The third kappa shape index (κ3) is 5.16. The predicted octanol–water partition coefficient (Wildman–Crippen LogP) is 3.89. The fraction of sp³-hybridized carbons (Fsp3) is 0.391. The average molecular weight is 457 g/mol. The molecule has 0 saturated carbocycles. The van der Waals surface area contributed by atoms with Crippen molar-refractivity contribution in [2.75, 3.05) is 44.6 Å². The first-order chi connectivity index (χ1) is 15.8. The number of ether oxygens (including phenoxy) is 3. The lowest BCUT2D eigenvalue weighted by Crippen LogP contribution is -2.34. The normalized spacial score (nSPS) is 15.5. The first-order valence-electron chi connectivity index (χ1n) is 10.5. The molecule has 1 amide bonds. The number of nitrogens with one attached hydrogen (secondary N) is 1. The Labute approximate surface area is 191 Å². The number of amides is 1. The van der Waals surface area contributed by atoms with Crippen LogP contribution in [0.3, 0.4) is 0 Å². The highest BCUT2D eigenvalue weighted by molar-refractivity contribution is 6.09. The number of carbonyl (C=O) groups excluding carboxylic acids is 2. The number of carbonyl (C=O) groups is 2. The Morgan fingerprint density at radius 2 is 1.82 bits per heavy atom. The second-order valence-corrected chi connectivity index (χ2v) is 7.85. The van der Waals surface area contributed by atoms with Crippen LogP contribution in [0.15, 0.2) is 30.3 Å². The van der Waals surface area contributed by atoms with Gasteiger partial charge in [-0.15, -0.1) is 0 Å². The maximum Gasteiger partial charge on any atom is 0.340 e. The smallest absolute Gasteiger partial charge is 0.340 e. The molecule has 0 aromatic heterocycles. The highest BCUT2D eigenvalue weighted by Crippen LogP contribution is 2.35. The first-order valence-corrected chi connectivity index (χ1v) is 10.5. The van der Waals surface area contributed by atoms with Gasteiger partial charge in [0.2, 0.25) is 0 Å². The van der Waals surface area contributed by atoms with Crippen molar-refractivity contribution in [3.8, 4) is 11.5 Å². The Morgan fingerprint density at radius 3 is 2.42 bits per heavy atom. The van der Waals surface area contributed by atoms with Gasteiger partial charge in [-0.2, -0.15) is 0 Å². The van der Waals surface area contributed by atoms with Crippen LogP contribution in [-0.4, -0.2) is 51.2 Å². The molecule has 1 aliphatic rings. The zero-order chi connectivity index (χ0) is 24.1. The van der Waals surface area contributed by atoms with Crippen molar-refractivity contribution >= 4 is 28.9 Å². The quantitative estimate of drug-likeness (QED) is 0.378. The number of benzene rings is 2. The molecule has 1 aliphatic heterocycles. The van der Waals surface area contributed by atoms with Gasteiger partial charge >= 0.3 is 5.97 Å². The Hall–Kier alpha value is -3.82. The third-order valence-electron chi connectivity index (χ3n) is 5.61. The average Bonchev–Trinajstić information content (AvgIpc) is 2.82. The van der Waals surface area contributed by atoms with E-state index in [4.69, 9.17) is 14.2 Å². The van der Waals surface area contributed by atoms with E-state index < -0.39 is 16.8 Å². The van der Waals surface area contributed by atoms with Crippen LogP contribution >= 0.6 is 0 Å². The van der Waals surface area contributed by atoms with Gasteiger partial charge in [-0.05, 0) is 30.9 Å². The Kier molecular flexibility index (Phi) is 7.37. The van der Waals surface area contributed by atoms with Crippen molar-refractivity contribution < 1.29 is 28.7 Å². The van der Waals surface area contributed by atoms with E-state index in [0.717, 1.165) is 25.9 Å². The number of hydrogen-bond acceptors (Lipinski definition) is 8. The molecule has 33 heavy (non-hydrogen) atoms. The SMILES string of the molecule is COC(=O)c1cc(OC)c(OC)cc1NC(=O)c1ccc(N2CCCC(C)C2)c([N+](=O)[O-])c1. The lowest BCUT2D eigenvalue weighted by atomic mass is 9.99. The van der Waals surface area contributed by atoms with E-state index in [1.165, 1.54) is 45.6 Å². The molecule has 1 unspecified atom stereocenters. The van der Waals surface area contributed by atoms with Crippen molar-refractivity contribution in [1.82, 2.24) is 0 Å². The summed E-state index contributed by atoms with van der Waals surface area (Å²) in [4.78, 5) is 38.5. The molecule has 10 heteroatoms. The molecular weight excluding hydrogens is 430 g/mol. The van der Waals surface area contributed by atoms with Crippen LogP contribution in [0.1, 0.15) is 40.5 Å². The van der Waals surface area contributed by atoms with Crippen molar-refractivity contribution in [2.24, 2.45) is 5.92 Å². The number of anilines is 2. The van der Waals surface area contributed by atoms with Crippen LogP contribution in [-0.2, 0) is 4.74 Å². The van der Waals surface area contributed by atoms with Gasteiger partial charge < -0.3 is 24.4 Å².